The molecule has 0 heterocycles. The van der Waals surface area contributed by atoms with Crippen molar-refractivity contribution in [3.8, 4) is 0 Å². The molecule has 1 unspecified atom stereocenters. The van der Waals surface area contributed by atoms with Gasteiger partial charge in [0.15, 0.2) is 0 Å². The van der Waals surface area contributed by atoms with Crippen LogP contribution in [0.1, 0.15) is 38.3 Å². The second-order valence-electron chi connectivity index (χ2n) is 5.80. The van der Waals surface area contributed by atoms with E-state index in [9.17, 15) is 4.79 Å². The summed E-state index contributed by atoms with van der Waals surface area (Å²) in [7, 11) is 0. The molecule has 104 valence electrons. The number of nitrogens with one attached hydrogen (secondary N) is 2. The quantitative estimate of drug-likeness (QED) is 0.791. The number of hydrogen-bond donors (Lipinski definition) is 2. The molecule has 1 aliphatic rings. The molecule has 0 bridgehead atoms. The molecule has 2 rings (SSSR count). The van der Waals surface area contributed by atoms with Gasteiger partial charge >= 0.3 is 0 Å². The molecule has 0 aromatic heterocycles. The van der Waals surface area contributed by atoms with Gasteiger partial charge in [-0.05, 0) is 30.2 Å². The maximum atomic E-state index is 11.8. The van der Waals surface area contributed by atoms with Gasteiger partial charge in [0.05, 0.1) is 6.54 Å². The first kappa shape index (κ1) is 14.1. The first-order chi connectivity index (χ1) is 9.16. The Morgan fingerprint density at radius 3 is 2.53 bits per heavy atom. The summed E-state index contributed by atoms with van der Waals surface area (Å²) < 4.78 is 0. The van der Waals surface area contributed by atoms with E-state index in [1.807, 2.05) is 6.07 Å². The zero-order valence-electron chi connectivity index (χ0n) is 11.9. The number of amides is 1. The number of benzene rings is 1. The molecule has 1 atom stereocenters. The summed E-state index contributed by atoms with van der Waals surface area (Å²) in [6.07, 6.45) is 2.53. The second kappa shape index (κ2) is 6.71. The van der Waals surface area contributed by atoms with E-state index >= 15 is 0 Å². The minimum atomic E-state index is 0.0929. The van der Waals surface area contributed by atoms with Crippen LogP contribution in [0, 0.1) is 11.8 Å². The van der Waals surface area contributed by atoms with Gasteiger partial charge in [0.1, 0.15) is 0 Å². The Kier molecular flexibility index (Phi) is 4.97. The summed E-state index contributed by atoms with van der Waals surface area (Å²) in [5, 5.41) is 6.36. The van der Waals surface area contributed by atoms with E-state index in [1.54, 1.807) is 0 Å². The van der Waals surface area contributed by atoms with Gasteiger partial charge in [-0.1, -0.05) is 44.2 Å². The van der Waals surface area contributed by atoms with Crippen LogP contribution >= 0.6 is 0 Å². The van der Waals surface area contributed by atoms with Crippen LogP contribution in [-0.2, 0) is 4.79 Å². The highest BCUT2D eigenvalue weighted by Gasteiger charge is 2.32. The van der Waals surface area contributed by atoms with Gasteiger partial charge in [0.2, 0.25) is 5.91 Å². The Balaban J connectivity index is 1.83. The Hall–Kier alpha value is -1.35. The van der Waals surface area contributed by atoms with Crippen molar-refractivity contribution in [1.82, 2.24) is 10.6 Å². The number of carbonyl (C=O) groups excluding carboxylic acids is 1. The fourth-order valence-corrected chi connectivity index (χ4v) is 2.23. The van der Waals surface area contributed by atoms with E-state index in [-0.39, 0.29) is 5.91 Å². The van der Waals surface area contributed by atoms with Crippen molar-refractivity contribution < 1.29 is 4.79 Å². The zero-order valence-corrected chi connectivity index (χ0v) is 11.9. The molecule has 0 aliphatic heterocycles. The highest BCUT2D eigenvalue weighted by Crippen LogP contribution is 2.40. The summed E-state index contributed by atoms with van der Waals surface area (Å²) in [4.78, 5) is 11.8. The fourth-order valence-electron chi connectivity index (χ4n) is 2.23. The van der Waals surface area contributed by atoms with E-state index in [2.05, 4.69) is 48.7 Å². The van der Waals surface area contributed by atoms with Crippen LogP contribution in [0.2, 0.25) is 0 Å². The lowest BCUT2D eigenvalue weighted by Gasteiger charge is -2.18. The summed E-state index contributed by atoms with van der Waals surface area (Å²) in [6.45, 7) is 5.36. The van der Waals surface area contributed by atoms with Gasteiger partial charge in [-0.25, -0.2) is 0 Å². The van der Waals surface area contributed by atoms with Crippen molar-refractivity contribution in [3.63, 3.8) is 0 Å². The van der Waals surface area contributed by atoms with E-state index < -0.39 is 0 Å². The Bertz CT molecular complexity index is 398. The molecule has 1 fully saturated rings. The molecule has 1 amide bonds. The van der Waals surface area contributed by atoms with E-state index in [0.29, 0.717) is 24.4 Å². The van der Waals surface area contributed by atoms with Crippen LogP contribution in [0.3, 0.4) is 0 Å². The molecule has 3 heteroatoms. The second-order valence-corrected chi connectivity index (χ2v) is 5.80. The maximum absolute atomic E-state index is 11.8. The first-order valence-electron chi connectivity index (χ1n) is 7.22. The minimum Gasteiger partial charge on any atom is -0.355 e. The molecular formula is C16H24N2O. The molecule has 1 aliphatic carbocycles. The van der Waals surface area contributed by atoms with Gasteiger partial charge in [-0.2, -0.15) is 0 Å². The molecule has 0 spiro atoms. The van der Waals surface area contributed by atoms with Crippen LogP contribution in [0.5, 0.6) is 0 Å². The van der Waals surface area contributed by atoms with E-state index in [1.165, 1.54) is 18.4 Å². The van der Waals surface area contributed by atoms with Crippen LogP contribution in [-0.4, -0.2) is 19.0 Å². The van der Waals surface area contributed by atoms with Gasteiger partial charge in [-0.3, -0.25) is 4.79 Å². The molecule has 0 radical (unpaired) electrons. The van der Waals surface area contributed by atoms with E-state index in [0.717, 1.165) is 6.54 Å². The standard InChI is InChI=1S/C16H24N2O/c1-12(2)10-17-15(19)11-18-16(14-8-9-14)13-6-4-3-5-7-13/h3-7,12,14,16,18H,8-11H2,1-2H3,(H,17,19). The third kappa shape index (κ3) is 4.67. The van der Waals surface area contributed by atoms with E-state index in [4.69, 9.17) is 0 Å². The number of rotatable bonds is 7. The topological polar surface area (TPSA) is 41.1 Å². The smallest absolute Gasteiger partial charge is 0.233 e. The predicted octanol–water partition coefficient (Wildman–Crippen LogP) is 2.50. The van der Waals surface area contributed by atoms with Crippen LogP contribution in [0.15, 0.2) is 30.3 Å². The van der Waals surface area contributed by atoms with Crippen molar-refractivity contribution in [2.45, 2.75) is 32.7 Å². The molecule has 0 saturated heterocycles. The highest BCUT2D eigenvalue weighted by atomic mass is 16.1. The minimum absolute atomic E-state index is 0.0929. The van der Waals surface area contributed by atoms with Crippen molar-refractivity contribution in [2.75, 3.05) is 13.1 Å². The summed E-state index contributed by atoms with van der Waals surface area (Å²) in [5.41, 5.74) is 1.29. The van der Waals surface area contributed by atoms with Gasteiger partial charge < -0.3 is 10.6 Å². The Morgan fingerprint density at radius 2 is 1.95 bits per heavy atom. The number of carbonyl (C=O) groups is 1. The third-order valence-electron chi connectivity index (χ3n) is 3.44. The maximum Gasteiger partial charge on any atom is 0.233 e. The van der Waals surface area contributed by atoms with Gasteiger partial charge in [-0.15, -0.1) is 0 Å². The third-order valence-corrected chi connectivity index (χ3v) is 3.44. The Morgan fingerprint density at radius 1 is 1.26 bits per heavy atom. The van der Waals surface area contributed by atoms with Crippen LogP contribution in [0.4, 0.5) is 0 Å². The largest absolute Gasteiger partial charge is 0.355 e. The molecule has 1 aromatic carbocycles. The molecule has 1 saturated carbocycles. The fraction of sp³-hybridized carbons (Fsp3) is 0.562. The molecule has 3 nitrogen and oxygen atoms in total. The molecule has 2 N–H and O–H groups in total. The van der Waals surface area contributed by atoms with Crippen LogP contribution in [0.25, 0.3) is 0 Å². The monoisotopic (exact) mass is 260 g/mol. The summed E-state index contributed by atoms with van der Waals surface area (Å²) in [6, 6.07) is 10.8. The zero-order chi connectivity index (χ0) is 13.7. The number of hydrogen-bond acceptors (Lipinski definition) is 2. The van der Waals surface area contributed by atoms with Crippen molar-refractivity contribution in [1.29, 1.82) is 0 Å². The lowest BCUT2D eigenvalue weighted by atomic mass is 10.0. The SMILES string of the molecule is CC(C)CNC(=O)CNC(c1ccccc1)C1CC1. The van der Waals surface area contributed by atoms with Crippen molar-refractivity contribution in [3.05, 3.63) is 35.9 Å². The van der Waals surface area contributed by atoms with Crippen molar-refractivity contribution in [2.24, 2.45) is 11.8 Å². The lowest BCUT2D eigenvalue weighted by Crippen LogP contribution is -2.37. The molecule has 19 heavy (non-hydrogen) atoms. The average molecular weight is 260 g/mol. The molecular weight excluding hydrogens is 236 g/mol. The van der Waals surface area contributed by atoms with Gasteiger partial charge in [0, 0.05) is 12.6 Å². The first-order valence-corrected chi connectivity index (χ1v) is 7.22. The Labute approximate surface area is 115 Å². The molecule has 1 aromatic rings. The average Bonchev–Trinajstić information content (AvgIpc) is 3.22. The van der Waals surface area contributed by atoms with Crippen molar-refractivity contribution >= 4 is 5.91 Å². The predicted molar refractivity (Wildman–Crippen MR) is 77.8 cm³/mol. The highest BCUT2D eigenvalue weighted by molar-refractivity contribution is 5.78. The van der Waals surface area contributed by atoms with Gasteiger partial charge in [0.25, 0.3) is 0 Å². The lowest BCUT2D eigenvalue weighted by molar-refractivity contribution is -0.120. The summed E-state index contributed by atoms with van der Waals surface area (Å²) >= 11 is 0. The normalized spacial score (nSPS) is 16.4. The van der Waals surface area contributed by atoms with Crippen LogP contribution < -0.4 is 10.6 Å². The summed E-state index contributed by atoms with van der Waals surface area (Å²) in [5.74, 6) is 1.29.